The van der Waals surface area contributed by atoms with Crippen LogP contribution in [0.2, 0.25) is 0 Å². The van der Waals surface area contributed by atoms with Gasteiger partial charge in [0, 0.05) is 6.20 Å². The summed E-state index contributed by atoms with van der Waals surface area (Å²) in [6.45, 7) is 0.185. The van der Waals surface area contributed by atoms with Crippen LogP contribution in [-0.4, -0.2) is 26.7 Å². The van der Waals surface area contributed by atoms with Crippen LogP contribution in [0.3, 0.4) is 0 Å². The fourth-order valence-corrected chi connectivity index (χ4v) is 1.85. The van der Waals surface area contributed by atoms with E-state index in [0.29, 0.717) is 0 Å². The van der Waals surface area contributed by atoms with E-state index in [1.54, 1.807) is 0 Å². The van der Waals surface area contributed by atoms with Crippen molar-refractivity contribution in [1.29, 1.82) is 0 Å². The van der Waals surface area contributed by atoms with Gasteiger partial charge in [-0.25, -0.2) is 4.98 Å². The van der Waals surface area contributed by atoms with E-state index >= 15 is 0 Å². The third-order valence-corrected chi connectivity index (χ3v) is 3.12. The molecule has 3 rings (SSSR count). The Kier molecular flexibility index (Phi) is 1.73. The average Bonchev–Trinajstić information content (AvgIpc) is 2.74. The van der Waals surface area contributed by atoms with Gasteiger partial charge in [0.05, 0.1) is 29.6 Å². The first-order chi connectivity index (χ1) is 7.34. The maximum atomic E-state index is 9.28. The number of aliphatic hydroxyl groups excluding tert-OH is 1. The van der Waals surface area contributed by atoms with Crippen LogP contribution in [0.5, 0.6) is 0 Å². The molecule has 1 aliphatic rings. The second-order valence-corrected chi connectivity index (χ2v) is 4.17. The van der Waals surface area contributed by atoms with E-state index in [2.05, 4.69) is 15.0 Å². The van der Waals surface area contributed by atoms with E-state index in [9.17, 15) is 5.11 Å². The summed E-state index contributed by atoms with van der Waals surface area (Å²) in [6.07, 6.45) is 5.76. The summed E-state index contributed by atoms with van der Waals surface area (Å²) < 4.78 is 0. The fourth-order valence-electron chi connectivity index (χ4n) is 1.85. The first-order valence-electron chi connectivity index (χ1n) is 5.14. The van der Waals surface area contributed by atoms with Crippen LogP contribution in [-0.2, 0) is 5.41 Å². The molecule has 2 aromatic rings. The minimum absolute atomic E-state index is 0.0785. The van der Waals surface area contributed by atoms with Crippen molar-refractivity contribution >= 4 is 0 Å². The molecule has 15 heavy (non-hydrogen) atoms. The summed E-state index contributed by atoms with van der Waals surface area (Å²) in [5.74, 6) is 0.912. The number of aromatic amines is 2. The number of nitrogens with one attached hydrogen (secondary N) is 2. The van der Waals surface area contributed by atoms with Gasteiger partial charge in [0.25, 0.3) is 0 Å². The Balaban J connectivity index is 1.95. The Labute approximate surface area is 87.4 Å². The Morgan fingerprint density at radius 1 is 1.40 bits per heavy atom. The van der Waals surface area contributed by atoms with Crippen molar-refractivity contribution in [3.05, 3.63) is 30.4 Å². The molecule has 2 heterocycles. The highest BCUT2D eigenvalue weighted by Gasteiger charge is 2.46. The Bertz CT molecular complexity index is 454. The van der Waals surface area contributed by atoms with Crippen LogP contribution in [0.15, 0.2) is 24.5 Å². The van der Waals surface area contributed by atoms with Crippen LogP contribution < -0.4 is 0 Å². The molecule has 0 atom stereocenters. The van der Waals surface area contributed by atoms with E-state index in [0.717, 1.165) is 30.1 Å². The predicted octanol–water partition coefficient (Wildman–Crippen LogP) is 1.43. The molecule has 0 spiro atoms. The zero-order valence-electron chi connectivity index (χ0n) is 8.33. The number of aliphatic hydroxyl groups is 1. The van der Waals surface area contributed by atoms with E-state index in [1.165, 1.54) is 0 Å². The van der Waals surface area contributed by atoms with Crippen LogP contribution in [0.25, 0.3) is 11.4 Å². The Hall–Kier alpha value is -1.55. The minimum Gasteiger partial charge on any atom is -0.395 e. The topological polar surface area (TPSA) is 64.7 Å². The molecule has 0 aromatic carbocycles. The van der Waals surface area contributed by atoms with Gasteiger partial charge in [0.2, 0.25) is 0 Å². The number of hydrogen-bond donors (Lipinski definition) is 3. The van der Waals surface area contributed by atoms with E-state index in [4.69, 9.17) is 0 Å². The zero-order valence-corrected chi connectivity index (χ0v) is 8.33. The van der Waals surface area contributed by atoms with Gasteiger partial charge in [-0.3, -0.25) is 0 Å². The molecule has 0 aliphatic heterocycles. The van der Waals surface area contributed by atoms with Crippen molar-refractivity contribution in [2.75, 3.05) is 6.61 Å². The van der Waals surface area contributed by atoms with Crippen LogP contribution in [0, 0.1) is 0 Å². The molecule has 0 bridgehead atoms. The summed E-state index contributed by atoms with van der Waals surface area (Å²) in [6, 6.07) is 3.95. The van der Waals surface area contributed by atoms with Crippen LogP contribution in [0.4, 0.5) is 0 Å². The zero-order chi connectivity index (χ0) is 10.3. The maximum absolute atomic E-state index is 9.28. The number of rotatable bonds is 3. The third kappa shape index (κ3) is 1.29. The lowest BCUT2D eigenvalue weighted by molar-refractivity contribution is 0.250. The molecular weight excluding hydrogens is 190 g/mol. The molecule has 0 radical (unpaired) electrons. The fraction of sp³-hybridized carbons (Fsp3) is 0.364. The molecule has 1 fully saturated rings. The monoisotopic (exact) mass is 203 g/mol. The second kappa shape index (κ2) is 2.97. The van der Waals surface area contributed by atoms with Crippen molar-refractivity contribution in [2.24, 2.45) is 0 Å². The van der Waals surface area contributed by atoms with Gasteiger partial charge in [0.1, 0.15) is 5.82 Å². The number of imidazole rings is 1. The smallest absolute Gasteiger partial charge is 0.115 e. The summed E-state index contributed by atoms with van der Waals surface area (Å²) >= 11 is 0. The molecule has 0 unspecified atom stereocenters. The lowest BCUT2D eigenvalue weighted by atomic mass is 10.1. The molecule has 0 saturated heterocycles. The summed E-state index contributed by atoms with van der Waals surface area (Å²) in [5, 5.41) is 9.28. The molecule has 4 heteroatoms. The highest BCUT2D eigenvalue weighted by Crippen LogP contribution is 2.46. The number of nitrogens with zero attached hydrogens (tertiary/aromatic N) is 1. The number of hydrogen-bond acceptors (Lipinski definition) is 2. The van der Waals surface area contributed by atoms with Gasteiger partial charge in [-0.15, -0.1) is 0 Å². The molecule has 4 nitrogen and oxygen atoms in total. The lowest BCUT2D eigenvalue weighted by Crippen LogP contribution is -2.13. The first kappa shape index (κ1) is 8.73. The quantitative estimate of drug-likeness (QED) is 0.706. The van der Waals surface area contributed by atoms with Gasteiger partial charge in [-0.1, -0.05) is 0 Å². The van der Waals surface area contributed by atoms with Crippen molar-refractivity contribution in [1.82, 2.24) is 15.0 Å². The van der Waals surface area contributed by atoms with E-state index < -0.39 is 0 Å². The number of H-pyrrole nitrogens is 2. The lowest BCUT2D eigenvalue weighted by Gasteiger charge is -2.06. The van der Waals surface area contributed by atoms with E-state index in [-0.39, 0.29) is 12.0 Å². The van der Waals surface area contributed by atoms with Crippen LogP contribution in [0.1, 0.15) is 18.7 Å². The second-order valence-electron chi connectivity index (χ2n) is 4.17. The Morgan fingerprint density at radius 3 is 2.87 bits per heavy atom. The highest BCUT2D eigenvalue weighted by molar-refractivity contribution is 5.53. The molecule has 3 N–H and O–H groups in total. The van der Waals surface area contributed by atoms with Crippen molar-refractivity contribution in [3.8, 4) is 11.4 Å². The third-order valence-electron chi connectivity index (χ3n) is 3.12. The normalized spacial score (nSPS) is 17.9. The summed E-state index contributed by atoms with van der Waals surface area (Å²) in [5.41, 5.74) is 1.93. The molecule has 2 aromatic heterocycles. The first-order valence-corrected chi connectivity index (χ1v) is 5.14. The van der Waals surface area contributed by atoms with Gasteiger partial charge in [0.15, 0.2) is 0 Å². The van der Waals surface area contributed by atoms with E-state index in [1.807, 2.05) is 24.5 Å². The molecule has 1 aliphatic carbocycles. The molecule has 0 amide bonds. The van der Waals surface area contributed by atoms with Crippen molar-refractivity contribution in [2.45, 2.75) is 18.3 Å². The maximum Gasteiger partial charge on any atom is 0.115 e. The van der Waals surface area contributed by atoms with Gasteiger partial charge < -0.3 is 15.1 Å². The average molecular weight is 203 g/mol. The van der Waals surface area contributed by atoms with Gasteiger partial charge in [-0.2, -0.15) is 0 Å². The number of aromatic nitrogens is 3. The highest BCUT2D eigenvalue weighted by atomic mass is 16.3. The SMILES string of the molecule is OCC1(c2ncc(-c3ccc[nH]3)[nH]2)CC1. The van der Waals surface area contributed by atoms with Crippen molar-refractivity contribution < 1.29 is 5.11 Å². The summed E-state index contributed by atoms with van der Waals surface area (Å²) in [7, 11) is 0. The molecule has 1 saturated carbocycles. The standard InChI is InChI=1S/C11H13N3O/c15-7-11(3-4-11)10-13-6-9(14-10)8-2-1-5-12-8/h1-2,5-6,12,15H,3-4,7H2,(H,13,14). The van der Waals surface area contributed by atoms with Gasteiger partial charge >= 0.3 is 0 Å². The minimum atomic E-state index is -0.0785. The molecule has 78 valence electrons. The van der Waals surface area contributed by atoms with Crippen LogP contribution >= 0.6 is 0 Å². The predicted molar refractivity (Wildman–Crippen MR) is 56.4 cm³/mol. The largest absolute Gasteiger partial charge is 0.395 e. The van der Waals surface area contributed by atoms with Gasteiger partial charge in [-0.05, 0) is 25.0 Å². The summed E-state index contributed by atoms with van der Waals surface area (Å²) in [4.78, 5) is 10.7. The molecular formula is C11H13N3O. The Morgan fingerprint density at radius 2 is 2.27 bits per heavy atom. The van der Waals surface area contributed by atoms with Crippen molar-refractivity contribution in [3.63, 3.8) is 0 Å².